The average molecular weight is 844 g/mol. The summed E-state index contributed by atoms with van der Waals surface area (Å²) < 4.78 is 143. The van der Waals surface area contributed by atoms with Gasteiger partial charge < -0.3 is 19.4 Å². The minimum absolute atomic E-state index is 0.00319. The van der Waals surface area contributed by atoms with Crippen molar-refractivity contribution in [2.45, 2.75) is 88.8 Å². The Bertz CT molecular complexity index is 2040. The molecule has 17 heteroatoms. The highest BCUT2D eigenvalue weighted by Gasteiger charge is 2.39. The van der Waals surface area contributed by atoms with Crippen LogP contribution in [0, 0.1) is 17.5 Å². The third-order valence-electron chi connectivity index (χ3n) is 9.98. The molecule has 322 valence electrons. The number of amides is 1. The minimum Gasteiger partial charge on any atom is -0.466 e. The number of unbranched alkanes of at least 4 members (excludes halogenated alkanes) is 2. The van der Waals surface area contributed by atoms with Crippen molar-refractivity contribution in [3.63, 3.8) is 0 Å². The SMILES string of the molecule is C=CCCCCc1cc(F)cc(F)c1-c1cc([C@H](CC(=O)OCC)NC(=O)[C@H](CC=C)n2cc(CCCN3CC(OC)C3)c(C(F)(F)F)cc2=O)c(F)c(C(F)(F)F)c1. The molecule has 2 aromatic carbocycles. The van der Waals surface area contributed by atoms with Gasteiger partial charge in [-0.2, -0.15) is 26.3 Å². The lowest BCUT2D eigenvalue weighted by Gasteiger charge is -2.38. The summed E-state index contributed by atoms with van der Waals surface area (Å²) in [4.78, 5) is 42.2. The summed E-state index contributed by atoms with van der Waals surface area (Å²) in [6.45, 7) is 9.94. The Kier molecular flexibility index (Phi) is 16.2. The van der Waals surface area contributed by atoms with Crippen molar-refractivity contribution in [2.75, 3.05) is 33.4 Å². The number of allylic oxidation sites excluding steroid dienone is 2. The smallest absolute Gasteiger partial charge is 0.419 e. The lowest BCUT2D eigenvalue weighted by Crippen LogP contribution is -2.51. The molecule has 1 amide bonds. The zero-order valence-electron chi connectivity index (χ0n) is 32.6. The summed E-state index contributed by atoms with van der Waals surface area (Å²) in [6, 6.07) is -0.777. The van der Waals surface area contributed by atoms with Gasteiger partial charge in [0.15, 0.2) is 0 Å². The fraction of sp³-hybridized carbons (Fsp3) is 0.452. The number of likely N-dealkylation sites (tertiary alicyclic amines) is 1. The first-order valence-corrected chi connectivity index (χ1v) is 19.0. The number of benzene rings is 2. The predicted octanol–water partition coefficient (Wildman–Crippen LogP) is 9.06. The van der Waals surface area contributed by atoms with Crippen LogP contribution < -0.4 is 10.9 Å². The highest BCUT2D eigenvalue weighted by atomic mass is 19.4. The number of rotatable bonds is 20. The van der Waals surface area contributed by atoms with Gasteiger partial charge in [0, 0.05) is 49.7 Å². The summed E-state index contributed by atoms with van der Waals surface area (Å²) in [7, 11) is 1.54. The molecule has 0 spiro atoms. The third-order valence-corrected chi connectivity index (χ3v) is 9.98. The van der Waals surface area contributed by atoms with E-state index >= 15 is 8.78 Å². The highest BCUT2D eigenvalue weighted by Crippen LogP contribution is 2.41. The quantitative estimate of drug-likeness (QED) is 0.0529. The molecule has 1 aromatic heterocycles. The monoisotopic (exact) mass is 843 g/mol. The number of alkyl halides is 6. The molecule has 0 unspecified atom stereocenters. The van der Waals surface area contributed by atoms with Crippen molar-refractivity contribution in [1.29, 1.82) is 0 Å². The van der Waals surface area contributed by atoms with E-state index in [9.17, 15) is 45.1 Å². The Morgan fingerprint density at radius 3 is 2.20 bits per heavy atom. The molecule has 0 radical (unpaired) electrons. The first-order valence-electron chi connectivity index (χ1n) is 19.0. The number of aromatic nitrogens is 1. The van der Waals surface area contributed by atoms with Crippen LogP contribution >= 0.6 is 0 Å². The van der Waals surface area contributed by atoms with Crippen molar-refractivity contribution in [3.05, 3.63) is 117 Å². The first-order chi connectivity index (χ1) is 27.8. The Morgan fingerprint density at radius 2 is 1.59 bits per heavy atom. The average Bonchev–Trinajstić information content (AvgIpc) is 3.12. The van der Waals surface area contributed by atoms with E-state index in [1.165, 1.54) is 13.0 Å². The lowest BCUT2D eigenvalue weighted by atomic mass is 9.90. The third kappa shape index (κ3) is 12.1. The lowest BCUT2D eigenvalue weighted by molar-refractivity contribution is -0.144. The second-order valence-corrected chi connectivity index (χ2v) is 14.2. The molecule has 2 atom stereocenters. The number of halogens is 9. The molecule has 1 aliphatic rings. The second-order valence-electron chi connectivity index (χ2n) is 14.2. The number of nitrogens with one attached hydrogen (secondary N) is 1. The van der Waals surface area contributed by atoms with Gasteiger partial charge >= 0.3 is 18.3 Å². The fourth-order valence-electron chi connectivity index (χ4n) is 7.05. The molecule has 0 saturated carbocycles. The summed E-state index contributed by atoms with van der Waals surface area (Å²) in [5, 5.41) is 2.31. The zero-order valence-corrected chi connectivity index (χ0v) is 32.6. The number of pyridine rings is 1. The molecule has 1 saturated heterocycles. The van der Waals surface area contributed by atoms with Crippen LogP contribution in [0.4, 0.5) is 39.5 Å². The maximum atomic E-state index is 16.2. The van der Waals surface area contributed by atoms with Crippen LogP contribution in [0.1, 0.15) is 85.3 Å². The van der Waals surface area contributed by atoms with E-state index in [4.69, 9.17) is 9.47 Å². The maximum absolute atomic E-state index is 16.2. The van der Waals surface area contributed by atoms with Crippen molar-refractivity contribution in [2.24, 2.45) is 0 Å². The number of aryl methyl sites for hydroxylation is 2. The summed E-state index contributed by atoms with van der Waals surface area (Å²) >= 11 is 0. The van der Waals surface area contributed by atoms with Crippen LogP contribution in [0.15, 0.2) is 66.6 Å². The molecule has 0 aliphatic carbocycles. The number of hydrogen-bond donors (Lipinski definition) is 1. The Labute approximate surface area is 335 Å². The van der Waals surface area contributed by atoms with Crippen LogP contribution in [0.25, 0.3) is 11.1 Å². The number of esters is 1. The molecule has 4 rings (SSSR count). The van der Waals surface area contributed by atoms with Crippen LogP contribution in [-0.4, -0.2) is 60.8 Å². The second kappa shape index (κ2) is 20.4. The van der Waals surface area contributed by atoms with Crippen molar-refractivity contribution in [3.8, 4) is 11.1 Å². The molecule has 1 fully saturated rings. The first kappa shape index (κ1) is 46.8. The fourth-order valence-corrected chi connectivity index (χ4v) is 7.05. The Balaban J connectivity index is 1.82. The van der Waals surface area contributed by atoms with Crippen LogP contribution in [-0.2, 0) is 44.3 Å². The van der Waals surface area contributed by atoms with Gasteiger partial charge in [0.05, 0.1) is 36.3 Å². The van der Waals surface area contributed by atoms with Crippen molar-refractivity contribution >= 4 is 11.9 Å². The van der Waals surface area contributed by atoms with E-state index in [2.05, 4.69) is 18.5 Å². The van der Waals surface area contributed by atoms with E-state index in [-0.39, 0.29) is 43.1 Å². The van der Waals surface area contributed by atoms with Gasteiger partial charge in [-0.25, -0.2) is 13.2 Å². The van der Waals surface area contributed by atoms with E-state index in [1.807, 2.05) is 4.90 Å². The zero-order chi connectivity index (χ0) is 43.7. The number of carbonyl (C=O) groups excluding carboxylic acids is 2. The van der Waals surface area contributed by atoms with E-state index < -0.39 is 100.0 Å². The number of hydrogen-bond acceptors (Lipinski definition) is 6. The van der Waals surface area contributed by atoms with E-state index in [0.717, 1.165) is 18.3 Å². The van der Waals surface area contributed by atoms with E-state index in [1.54, 1.807) is 13.2 Å². The van der Waals surface area contributed by atoms with Crippen molar-refractivity contribution in [1.82, 2.24) is 14.8 Å². The normalized spacial score (nSPS) is 14.7. The van der Waals surface area contributed by atoms with E-state index in [0.29, 0.717) is 61.7 Å². The molecule has 2 heterocycles. The van der Waals surface area contributed by atoms with Gasteiger partial charge in [0.1, 0.15) is 23.5 Å². The van der Waals surface area contributed by atoms with Crippen LogP contribution in [0.3, 0.4) is 0 Å². The highest BCUT2D eigenvalue weighted by molar-refractivity contribution is 5.82. The van der Waals surface area contributed by atoms with Gasteiger partial charge in [-0.05, 0) is 93.3 Å². The molecule has 0 bridgehead atoms. The topological polar surface area (TPSA) is 89.9 Å². The Hall–Kier alpha value is -4.90. The number of methoxy groups -OCH3 is 1. The molecule has 8 nitrogen and oxygen atoms in total. The van der Waals surface area contributed by atoms with Crippen LogP contribution in [0.5, 0.6) is 0 Å². The van der Waals surface area contributed by atoms with Gasteiger partial charge in [-0.3, -0.25) is 19.3 Å². The molecular formula is C42H46F9N3O5. The molecule has 1 N–H and O–H groups in total. The standard InChI is InChI=1S/C42H46F9N3O5/c1-5-8-9-10-13-25-16-28(43)19-33(44)38(25)27-17-30(39(45)32(18-27)42(49,50)51)34(21-37(56)59-7-3)52-40(57)35(12-6-2)54-22-26(31(20-36(54)55)41(46,47)48)14-11-15-53-23-29(24-53)58-4/h5-6,16-20,22,29,34-35H,1-2,7-15,21,23-24H2,3-4H3,(H,52,57)/t34-,35-/m0/s1. The summed E-state index contributed by atoms with van der Waals surface area (Å²) in [5.41, 5.74) is -6.67. The van der Waals surface area contributed by atoms with Gasteiger partial charge in [-0.15, -0.1) is 13.2 Å². The minimum atomic E-state index is -5.40. The molecular weight excluding hydrogens is 797 g/mol. The number of carbonyl (C=O) groups is 2. The molecule has 3 aromatic rings. The maximum Gasteiger partial charge on any atom is 0.419 e. The van der Waals surface area contributed by atoms with Gasteiger partial charge in [-0.1, -0.05) is 12.2 Å². The van der Waals surface area contributed by atoms with Crippen LogP contribution in [0.2, 0.25) is 0 Å². The molecule has 1 aliphatic heterocycles. The Morgan fingerprint density at radius 1 is 0.915 bits per heavy atom. The largest absolute Gasteiger partial charge is 0.466 e. The number of ether oxygens (including phenoxy) is 2. The summed E-state index contributed by atoms with van der Waals surface area (Å²) in [5.74, 6) is -6.50. The van der Waals surface area contributed by atoms with Gasteiger partial charge in [0.2, 0.25) is 5.91 Å². The van der Waals surface area contributed by atoms with Crippen molar-refractivity contribution < 1.29 is 58.6 Å². The predicted molar refractivity (Wildman–Crippen MR) is 202 cm³/mol. The molecule has 59 heavy (non-hydrogen) atoms. The summed E-state index contributed by atoms with van der Waals surface area (Å²) in [6.07, 6.45) is -6.53. The van der Waals surface area contributed by atoms with Gasteiger partial charge in [0.25, 0.3) is 5.56 Å². The number of nitrogens with zero attached hydrogens (tertiary/aromatic N) is 2.